The van der Waals surface area contributed by atoms with Gasteiger partial charge in [-0.25, -0.2) is 4.98 Å². The van der Waals surface area contributed by atoms with Crippen LogP contribution in [0, 0.1) is 0 Å². The highest BCUT2D eigenvalue weighted by atomic mass is 16.2. The van der Waals surface area contributed by atoms with E-state index in [1.807, 2.05) is 30.3 Å². The molecule has 0 radical (unpaired) electrons. The summed E-state index contributed by atoms with van der Waals surface area (Å²) in [5.74, 6) is -0.420. The van der Waals surface area contributed by atoms with E-state index in [2.05, 4.69) is 15.6 Å². The van der Waals surface area contributed by atoms with E-state index in [4.69, 9.17) is 0 Å². The molecule has 3 aromatic rings. The van der Waals surface area contributed by atoms with E-state index in [0.29, 0.717) is 23.9 Å². The van der Waals surface area contributed by atoms with E-state index in [9.17, 15) is 14.4 Å². The summed E-state index contributed by atoms with van der Waals surface area (Å²) in [5.41, 5.74) is 1.27. The molecule has 0 aliphatic rings. The number of nitrogens with zero attached hydrogens (tertiary/aromatic N) is 2. The van der Waals surface area contributed by atoms with Gasteiger partial charge in [0.25, 0.3) is 5.56 Å². The zero-order valence-electron chi connectivity index (χ0n) is 14.7. The third kappa shape index (κ3) is 5.01. The van der Waals surface area contributed by atoms with Gasteiger partial charge < -0.3 is 10.6 Å². The van der Waals surface area contributed by atoms with Crippen LogP contribution in [0.2, 0.25) is 0 Å². The van der Waals surface area contributed by atoms with Crippen LogP contribution in [0.5, 0.6) is 0 Å². The molecule has 7 heteroatoms. The second-order valence-corrected chi connectivity index (χ2v) is 6.06. The summed E-state index contributed by atoms with van der Waals surface area (Å²) in [4.78, 5) is 40.4. The fourth-order valence-corrected chi connectivity index (χ4v) is 2.68. The Kier molecular flexibility index (Phi) is 5.94. The third-order valence-corrected chi connectivity index (χ3v) is 4.02. The van der Waals surface area contributed by atoms with Gasteiger partial charge in [-0.2, -0.15) is 0 Å². The average molecular weight is 364 g/mol. The number of benzene rings is 2. The second kappa shape index (κ2) is 8.75. The van der Waals surface area contributed by atoms with Gasteiger partial charge in [0, 0.05) is 13.1 Å². The fourth-order valence-electron chi connectivity index (χ4n) is 2.68. The first kappa shape index (κ1) is 18.3. The molecule has 0 fully saturated rings. The van der Waals surface area contributed by atoms with Crippen molar-refractivity contribution in [2.75, 3.05) is 13.1 Å². The molecular formula is C20H20N4O3. The Hall–Kier alpha value is -3.48. The highest BCUT2D eigenvalue weighted by Crippen LogP contribution is 2.04. The predicted octanol–water partition coefficient (Wildman–Crippen LogP) is 0.872. The number of rotatable bonds is 7. The minimum atomic E-state index is -0.313. The Balaban J connectivity index is 1.44. The Morgan fingerprint density at radius 2 is 1.56 bits per heavy atom. The third-order valence-electron chi connectivity index (χ3n) is 4.02. The molecule has 0 unspecified atom stereocenters. The van der Waals surface area contributed by atoms with E-state index in [-0.39, 0.29) is 30.5 Å². The Morgan fingerprint density at radius 3 is 2.33 bits per heavy atom. The van der Waals surface area contributed by atoms with Gasteiger partial charge in [-0.15, -0.1) is 0 Å². The second-order valence-electron chi connectivity index (χ2n) is 6.06. The van der Waals surface area contributed by atoms with Crippen LogP contribution in [0.25, 0.3) is 10.9 Å². The maximum Gasteiger partial charge on any atom is 0.261 e. The zero-order valence-corrected chi connectivity index (χ0v) is 14.7. The molecule has 2 amide bonds. The van der Waals surface area contributed by atoms with Crippen molar-refractivity contribution in [2.45, 2.75) is 13.0 Å². The molecule has 0 saturated carbocycles. The molecule has 0 aliphatic heterocycles. The Morgan fingerprint density at radius 1 is 0.889 bits per heavy atom. The van der Waals surface area contributed by atoms with E-state index in [1.165, 1.54) is 10.9 Å². The van der Waals surface area contributed by atoms with Gasteiger partial charge in [-0.3, -0.25) is 19.0 Å². The number of amides is 2. The van der Waals surface area contributed by atoms with Gasteiger partial charge in [0.05, 0.1) is 23.7 Å². The number of para-hydroxylation sites is 1. The summed E-state index contributed by atoms with van der Waals surface area (Å²) >= 11 is 0. The van der Waals surface area contributed by atoms with Gasteiger partial charge in [-0.1, -0.05) is 42.5 Å². The van der Waals surface area contributed by atoms with Crippen molar-refractivity contribution in [2.24, 2.45) is 0 Å². The first-order chi connectivity index (χ1) is 13.1. The minimum Gasteiger partial charge on any atom is -0.354 e. The van der Waals surface area contributed by atoms with Crippen LogP contribution in [-0.4, -0.2) is 34.5 Å². The highest BCUT2D eigenvalue weighted by Gasteiger charge is 2.08. The molecule has 0 spiro atoms. The molecule has 0 saturated heterocycles. The maximum atomic E-state index is 12.3. The number of hydrogen-bond donors (Lipinski definition) is 2. The fraction of sp³-hybridized carbons (Fsp3) is 0.200. The van der Waals surface area contributed by atoms with Crippen LogP contribution in [0.15, 0.2) is 65.7 Å². The van der Waals surface area contributed by atoms with Crippen molar-refractivity contribution < 1.29 is 9.59 Å². The monoisotopic (exact) mass is 364 g/mol. The number of carbonyl (C=O) groups excluding carboxylic acids is 2. The van der Waals surface area contributed by atoms with Gasteiger partial charge in [0.15, 0.2) is 0 Å². The number of fused-ring (bicyclic) bond motifs is 1. The summed E-state index contributed by atoms with van der Waals surface area (Å²) < 4.78 is 1.27. The Bertz CT molecular complexity index is 999. The molecule has 0 aliphatic carbocycles. The SMILES string of the molecule is O=C(Cc1ccccc1)NCCNC(=O)Cn1cnc2ccccc2c1=O. The topological polar surface area (TPSA) is 93.1 Å². The average Bonchev–Trinajstić information content (AvgIpc) is 2.68. The molecule has 0 atom stereocenters. The van der Waals surface area contributed by atoms with Crippen molar-refractivity contribution >= 4 is 22.7 Å². The lowest BCUT2D eigenvalue weighted by Gasteiger charge is -2.09. The van der Waals surface area contributed by atoms with Crippen LogP contribution in [-0.2, 0) is 22.6 Å². The highest BCUT2D eigenvalue weighted by molar-refractivity contribution is 5.79. The lowest BCUT2D eigenvalue weighted by Crippen LogP contribution is -2.38. The summed E-state index contributed by atoms with van der Waals surface area (Å²) in [5, 5.41) is 5.91. The molecule has 138 valence electrons. The molecule has 27 heavy (non-hydrogen) atoms. The van der Waals surface area contributed by atoms with Crippen LogP contribution < -0.4 is 16.2 Å². The van der Waals surface area contributed by atoms with Crippen molar-refractivity contribution in [3.63, 3.8) is 0 Å². The lowest BCUT2D eigenvalue weighted by atomic mass is 10.1. The largest absolute Gasteiger partial charge is 0.354 e. The lowest BCUT2D eigenvalue weighted by molar-refractivity contribution is -0.123. The van der Waals surface area contributed by atoms with Crippen LogP contribution in [0.3, 0.4) is 0 Å². The first-order valence-electron chi connectivity index (χ1n) is 8.65. The molecular weight excluding hydrogens is 344 g/mol. The van der Waals surface area contributed by atoms with E-state index in [0.717, 1.165) is 5.56 Å². The molecule has 7 nitrogen and oxygen atoms in total. The molecule has 1 aromatic heterocycles. The smallest absolute Gasteiger partial charge is 0.261 e. The van der Waals surface area contributed by atoms with Gasteiger partial charge >= 0.3 is 0 Å². The van der Waals surface area contributed by atoms with Crippen LogP contribution in [0.4, 0.5) is 0 Å². The summed E-state index contributed by atoms with van der Waals surface area (Å²) in [6.45, 7) is 0.492. The van der Waals surface area contributed by atoms with Gasteiger partial charge in [-0.05, 0) is 17.7 Å². The standard InChI is InChI=1S/C20H20N4O3/c25-18(12-15-6-2-1-3-7-15)21-10-11-22-19(26)13-24-14-23-17-9-5-4-8-16(17)20(24)27/h1-9,14H,10-13H2,(H,21,25)(H,22,26). The molecule has 3 rings (SSSR count). The van der Waals surface area contributed by atoms with Crippen LogP contribution in [0.1, 0.15) is 5.56 Å². The zero-order chi connectivity index (χ0) is 19.1. The maximum absolute atomic E-state index is 12.3. The van der Waals surface area contributed by atoms with Crippen molar-refractivity contribution in [1.29, 1.82) is 0 Å². The van der Waals surface area contributed by atoms with E-state index >= 15 is 0 Å². The number of aromatic nitrogens is 2. The summed E-state index contributed by atoms with van der Waals surface area (Å²) in [7, 11) is 0. The normalized spacial score (nSPS) is 10.5. The predicted molar refractivity (Wildman–Crippen MR) is 102 cm³/mol. The van der Waals surface area contributed by atoms with Crippen LogP contribution >= 0.6 is 0 Å². The molecule has 0 bridgehead atoms. The number of nitrogens with one attached hydrogen (secondary N) is 2. The molecule has 2 aromatic carbocycles. The molecule has 1 heterocycles. The van der Waals surface area contributed by atoms with Crippen molar-refractivity contribution in [3.8, 4) is 0 Å². The van der Waals surface area contributed by atoms with Crippen molar-refractivity contribution in [3.05, 3.63) is 76.8 Å². The summed E-state index contributed by atoms with van der Waals surface area (Å²) in [6.07, 6.45) is 1.67. The minimum absolute atomic E-state index is 0.106. The quantitative estimate of drug-likeness (QED) is 0.609. The van der Waals surface area contributed by atoms with E-state index in [1.54, 1.807) is 24.3 Å². The summed E-state index contributed by atoms with van der Waals surface area (Å²) in [6, 6.07) is 16.4. The number of hydrogen-bond acceptors (Lipinski definition) is 4. The Labute approximate surface area is 156 Å². The van der Waals surface area contributed by atoms with Gasteiger partial charge in [0.1, 0.15) is 6.54 Å². The molecule has 2 N–H and O–H groups in total. The number of carbonyl (C=O) groups is 2. The van der Waals surface area contributed by atoms with Crippen molar-refractivity contribution in [1.82, 2.24) is 20.2 Å². The van der Waals surface area contributed by atoms with Gasteiger partial charge in [0.2, 0.25) is 11.8 Å². The first-order valence-corrected chi connectivity index (χ1v) is 8.65. The van der Waals surface area contributed by atoms with E-state index < -0.39 is 0 Å².